The number of nitrogens with zero attached hydrogens (tertiary/aromatic N) is 2. The van der Waals surface area contributed by atoms with Gasteiger partial charge in [0.1, 0.15) is 0 Å². The van der Waals surface area contributed by atoms with Gasteiger partial charge in [0.05, 0.1) is 0 Å². The summed E-state index contributed by atoms with van der Waals surface area (Å²) in [6.45, 7) is 9.40. The van der Waals surface area contributed by atoms with Gasteiger partial charge >= 0.3 is 0 Å². The molecule has 0 aliphatic carbocycles. The average molecular weight is 330 g/mol. The van der Waals surface area contributed by atoms with Gasteiger partial charge in [0.25, 0.3) is 12.5 Å². The van der Waals surface area contributed by atoms with E-state index in [4.69, 9.17) is 20.0 Å². The van der Waals surface area contributed by atoms with E-state index in [2.05, 4.69) is 13.2 Å². The third kappa shape index (κ3) is 3.88. The summed E-state index contributed by atoms with van der Waals surface area (Å²) in [7, 11) is 0. The van der Waals surface area contributed by atoms with Gasteiger partial charge in [0.2, 0.25) is 0 Å². The minimum absolute atomic E-state index is 0.583. The van der Waals surface area contributed by atoms with Crippen molar-refractivity contribution in [2.24, 2.45) is 0 Å². The smallest absolute Gasteiger partial charge is 0.287 e. The van der Waals surface area contributed by atoms with E-state index in [0.29, 0.717) is 0 Å². The van der Waals surface area contributed by atoms with Crippen molar-refractivity contribution >= 4 is 0 Å². The molecule has 2 atom stereocenters. The second kappa shape index (κ2) is 8.38. The van der Waals surface area contributed by atoms with Crippen LogP contribution in [0.15, 0.2) is 67.8 Å². The summed E-state index contributed by atoms with van der Waals surface area (Å²) in [6, 6.07) is 13.7. The molecular weight excluding hydrogens is 312 g/mol. The molecule has 2 unspecified atom stereocenters. The Morgan fingerprint density at radius 1 is 0.880 bits per heavy atom. The SMILES string of the molecule is C=CC(OC#N)c1cc(-c2ccccc2)cc(C(C=C)OC#N)c1C. The normalized spacial score (nSPS) is 12.1. The molecule has 0 amide bonds. The van der Waals surface area contributed by atoms with Crippen LogP contribution in [0, 0.1) is 30.0 Å². The molecule has 0 aliphatic heterocycles. The predicted molar refractivity (Wildman–Crippen MR) is 95.9 cm³/mol. The van der Waals surface area contributed by atoms with Gasteiger partial charge in [-0.15, -0.1) is 0 Å². The van der Waals surface area contributed by atoms with Crippen molar-refractivity contribution in [2.75, 3.05) is 0 Å². The van der Waals surface area contributed by atoms with Gasteiger partial charge in [-0.2, -0.15) is 10.5 Å². The number of nitriles is 2. The van der Waals surface area contributed by atoms with Crippen LogP contribution in [0.25, 0.3) is 11.1 Å². The summed E-state index contributed by atoms with van der Waals surface area (Å²) in [5.74, 6) is 0. The van der Waals surface area contributed by atoms with Crippen LogP contribution in [0.1, 0.15) is 28.9 Å². The second-order valence-corrected chi connectivity index (χ2v) is 5.38. The molecule has 2 aromatic rings. The van der Waals surface area contributed by atoms with Gasteiger partial charge in [-0.1, -0.05) is 43.5 Å². The maximum Gasteiger partial charge on any atom is 0.287 e. The lowest BCUT2D eigenvalue weighted by Crippen LogP contribution is -2.07. The highest BCUT2D eigenvalue weighted by Gasteiger charge is 2.20. The zero-order valence-corrected chi connectivity index (χ0v) is 14.0. The Bertz CT molecular complexity index is 795. The Balaban J connectivity index is 2.70. The highest BCUT2D eigenvalue weighted by molar-refractivity contribution is 5.67. The molecule has 0 saturated heterocycles. The molecule has 2 rings (SSSR count). The molecule has 25 heavy (non-hydrogen) atoms. The van der Waals surface area contributed by atoms with Crippen LogP contribution >= 0.6 is 0 Å². The Labute approximate surface area is 147 Å². The number of ether oxygens (including phenoxy) is 2. The van der Waals surface area contributed by atoms with E-state index >= 15 is 0 Å². The van der Waals surface area contributed by atoms with E-state index in [0.717, 1.165) is 27.8 Å². The molecule has 2 aromatic carbocycles. The maximum absolute atomic E-state index is 8.91. The minimum atomic E-state index is -0.583. The standard InChI is InChI=1S/C21H18N2O2/c1-4-20(24-13-22)18-11-17(16-9-7-6-8-10-16)12-19(15(18)3)21(5-2)25-14-23/h4-12,20-21H,1-2H2,3H3. The first-order valence-corrected chi connectivity index (χ1v) is 7.70. The molecule has 4 nitrogen and oxygen atoms in total. The Hall–Kier alpha value is -3.50. The fourth-order valence-corrected chi connectivity index (χ4v) is 2.74. The zero-order chi connectivity index (χ0) is 18.2. The molecule has 0 spiro atoms. The maximum atomic E-state index is 8.91. The van der Waals surface area contributed by atoms with Crippen LogP contribution in [0.4, 0.5) is 0 Å². The molecule has 0 N–H and O–H groups in total. The first-order valence-electron chi connectivity index (χ1n) is 7.70. The lowest BCUT2D eigenvalue weighted by Gasteiger charge is -2.21. The summed E-state index contributed by atoms with van der Waals surface area (Å²) >= 11 is 0. The van der Waals surface area contributed by atoms with E-state index in [9.17, 15) is 0 Å². The molecule has 0 bridgehead atoms. The number of benzene rings is 2. The molecular formula is C21H18N2O2. The molecule has 4 heteroatoms. The fourth-order valence-electron chi connectivity index (χ4n) is 2.74. The molecule has 0 aromatic heterocycles. The van der Waals surface area contributed by atoms with E-state index < -0.39 is 12.2 Å². The zero-order valence-electron chi connectivity index (χ0n) is 14.0. The lowest BCUT2D eigenvalue weighted by molar-refractivity contribution is 0.202. The molecule has 0 heterocycles. The molecule has 124 valence electrons. The van der Waals surface area contributed by atoms with E-state index in [1.54, 1.807) is 24.7 Å². The van der Waals surface area contributed by atoms with Gasteiger partial charge in [0.15, 0.2) is 12.2 Å². The number of rotatable bonds is 7. The van der Waals surface area contributed by atoms with Gasteiger partial charge in [-0.3, -0.25) is 0 Å². The predicted octanol–water partition coefficient (Wildman–Crippen LogP) is 5.11. The van der Waals surface area contributed by atoms with Crippen LogP contribution in [0.2, 0.25) is 0 Å². The lowest BCUT2D eigenvalue weighted by atomic mass is 9.90. The molecule has 0 fully saturated rings. The summed E-state index contributed by atoms with van der Waals surface area (Å²) in [5.41, 5.74) is 4.38. The van der Waals surface area contributed by atoms with Crippen molar-refractivity contribution in [2.45, 2.75) is 19.1 Å². The van der Waals surface area contributed by atoms with Gasteiger partial charge in [-0.05, 0) is 47.9 Å². The Morgan fingerprint density at radius 2 is 1.36 bits per heavy atom. The van der Waals surface area contributed by atoms with Crippen LogP contribution in [0.5, 0.6) is 0 Å². The molecule has 0 saturated carbocycles. The van der Waals surface area contributed by atoms with E-state index in [1.165, 1.54) is 0 Å². The third-order valence-corrected chi connectivity index (χ3v) is 4.00. The highest BCUT2D eigenvalue weighted by Crippen LogP contribution is 2.34. The Morgan fingerprint density at radius 3 is 1.76 bits per heavy atom. The number of hydrogen-bond acceptors (Lipinski definition) is 4. The first kappa shape index (κ1) is 17.8. The van der Waals surface area contributed by atoms with E-state index in [1.807, 2.05) is 49.4 Å². The minimum Gasteiger partial charge on any atom is -0.415 e. The second-order valence-electron chi connectivity index (χ2n) is 5.38. The van der Waals surface area contributed by atoms with Crippen LogP contribution in [-0.4, -0.2) is 0 Å². The monoisotopic (exact) mass is 330 g/mol. The third-order valence-electron chi connectivity index (χ3n) is 4.00. The highest BCUT2D eigenvalue weighted by atomic mass is 16.5. The van der Waals surface area contributed by atoms with Gasteiger partial charge < -0.3 is 9.47 Å². The molecule has 0 aliphatic rings. The van der Waals surface area contributed by atoms with Crippen molar-refractivity contribution < 1.29 is 9.47 Å². The van der Waals surface area contributed by atoms with Crippen molar-refractivity contribution in [3.05, 3.63) is 84.5 Å². The quantitative estimate of drug-likeness (QED) is 0.522. The average Bonchev–Trinajstić information content (AvgIpc) is 2.65. The number of hydrogen-bond donors (Lipinski definition) is 0. The van der Waals surface area contributed by atoms with Crippen molar-refractivity contribution in [3.8, 4) is 23.6 Å². The largest absolute Gasteiger partial charge is 0.415 e. The van der Waals surface area contributed by atoms with Gasteiger partial charge in [0, 0.05) is 11.1 Å². The topological polar surface area (TPSA) is 66.0 Å². The summed E-state index contributed by atoms with van der Waals surface area (Å²) in [4.78, 5) is 0. The van der Waals surface area contributed by atoms with Crippen molar-refractivity contribution in [1.29, 1.82) is 10.5 Å². The van der Waals surface area contributed by atoms with Gasteiger partial charge in [-0.25, -0.2) is 0 Å². The van der Waals surface area contributed by atoms with Crippen LogP contribution in [-0.2, 0) is 9.47 Å². The first-order chi connectivity index (χ1) is 12.2. The molecule has 0 radical (unpaired) electrons. The summed E-state index contributed by atoms with van der Waals surface area (Å²) < 4.78 is 10.3. The van der Waals surface area contributed by atoms with Crippen LogP contribution in [0.3, 0.4) is 0 Å². The van der Waals surface area contributed by atoms with Crippen LogP contribution < -0.4 is 0 Å². The summed E-state index contributed by atoms with van der Waals surface area (Å²) in [5, 5.41) is 17.8. The Kier molecular flexibility index (Phi) is 5.98. The van der Waals surface area contributed by atoms with Crippen molar-refractivity contribution in [3.63, 3.8) is 0 Å². The fraction of sp³-hybridized carbons (Fsp3) is 0.143. The van der Waals surface area contributed by atoms with Crippen molar-refractivity contribution in [1.82, 2.24) is 0 Å². The van der Waals surface area contributed by atoms with E-state index in [-0.39, 0.29) is 0 Å². The summed E-state index contributed by atoms with van der Waals surface area (Å²) in [6.07, 6.45) is 5.40.